The van der Waals surface area contributed by atoms with E-state index in [0.29, 0.717) is 0 Å². The number of benzene rings is 1. The highest BCUT2D eigenvalue weighted by molar-refractivity contribution is 9.10. The molecule has 0 unspecified atom stereocenters. The van der Waals surface area contributed by atoms with Gasteiger partial charge in [-0.2, -0.15) is 0 Å². The first-order valence-electron chi connectivity index (χ1n) is 7.70. The molecule has 2 aromatic rings. The molecule has 4 rings (SSSR count). The molecule has 1 aromatic heterocycles. The summed E-state index contributed by atoms with van der Waals surface area (Å²) in [6, 6.07) is 8.15. The molecule has 2 saturated heterocycles. The lowest BCUT2D eigenvalue weighted by molar-refractivity contribution is -0.197. The number of hydrogen-bond donors (Lipinski definition) is 0. The Morgan fingerprint density at radius 1 is 1.13 bits per heavy atom. The van der Waals surface area contributed by atoms with Gasteiger partial charge in [0, 0.05) is 10.7 Å². The summed E-state index contributed by atoms with van der Waals surface area (Å²) in [5.41, 5.74) is 2.04. The summed E-state index contributed by atoms with van der Waals surface area (Å²) >= 11 is 3.47. The van der Waals surface area contributed by atoms with Crippen LogP contribution >= 0.6 is 15.9 Å². The van der Waals surface area contributed by atoms with Gasteiger partial charge in [0.2, 0.25) is 0 Å². The number of fused-ring (bicyclic) bond motifs is 1. The smallest absolute Gasteiger partial charge is 0.164 e. The first-order chi connectivity index (χ1) is 10.9. The van der Waals surface area contributed by atoms with Crippen LogP contribution in [0.5, 0.6) is 0 Å². The zero-order chi connectivity index (χ0) is 16.2. The summed E-state index contributed by atoms with van der Waals surface area (Å²) in [5.74, 6) is -0.611. The first-order valence-corrected chi connectivity index (χ1v) is 8.49. The second-order valence-corrected chi connectivity index (χ2v) is 7.44. The van der Waals surface area contributed by atoms with E-state index in [1.165, 1.54) is 0 Å². The van der Waals surface area contributed by atoms with Gasteiger partial charge in [0.15, 0.2) is 12.0 Å². The molecule has 0 radical (unpaired) electrons. The zero-order valence-corrected chi connectivity index (χ0v) is 14.9. The van der Waals surface area contributed by atoms with E-state index in [4.69, 9.17) is 14.2 Å². The molecule has 2 aliphatic rings. The van der Waals surface area contributed by atoms with Gasteiger partial charge in [-0.25, -0.2) is 4.98 Å². The summed E-state index contributed by atoms with van der Waals surface area (Å²) < 4.78 is 21.6. The molecule has 0 spiro atoms. The van der Waals surface area contributed by atoms with Crippen molar-refractivity contribution in [2.24, 2.45) is 0 Å². The third-order valence-corrected chi connectivity index (χ3v) is 4.78. The Balaban J connectivity index is 1.69. The molecular weight excluding hydrogens is 360 g/mol. The molecule has 0 aliphatic carbocycles. The van der Waals surface area contributed by atoms with Gasteiger partial charge >= 0.3 is 0 Å². The number of aryl methyl sites for hydroxylation is 1. The minimum absolute atomic E-state index is 0.140. The van der Waals surface area contributed by atoms with Crippen LogP contribution in [0.4, 0.5) is 0 Å². The lowest BCUT2D eigenvalue weighted by Gasteiger charge is -2.24. The lowest BCUT2D eigenvalue weighted by atomic mass is 10.0. The molecule has 4 atom stereocenters. The standard InChI is InChI=1S/C17H19BrN2O3/c1-10-8-20(9-19-10)16-15-14(22-17(2,3)23-15)13(21-16)11-4-6-12(18)7-5-11/h4-9,13-16H,1-3H3/t13-,14-,15-,16+/m0/s1. The summed E-state index contributed by atoms with van der Waals surface area (Å²) in [5, 5.41) is 0. The maximum Gasteiger partial charge on any atom is 0.164 e. The Labute approximate surface area is 143 Å². The van der Waals surface area contributed by atoms with Crippen molar-refractivity contribution >= 4 is 15.9 Å². The number of nitrogens with zero attached hydrogens (tertiary/aromatic N) is 2. The Morgan fingerprint density at radius 2 is 1.83 bits per heavy atom. The Bertz CT molecular complexity index is 713. The van der Waals surface area contributed by atoms with Crippen molar-refractivity contribution < 1.29 is 14.2 Å². The van der Waals surface area contributed by atoms with E-state index in [1.54, 1.807) is 6.33 Å². The van der Waals surface area contributed by atoms with Crippen LogP contribution in [0, 0.1) is 6.92 Å². The lowest BCUT2D eigenvalue weighted by Crippen LogP contribution is -2.27. The second-order valence-electron chi connectivity index (χ2n) is 6.53. The van der Waals surface area contributed by atoms with Crippen LogP contribution in [-0.2, 0) is 14.2 Å². The zero-order valence-electron chi connectivity index (χ0n) is 13.3. The van der Waals surface area contributed by atoms with Gasteiger partial charge in [-0.15, -0.1) is 0 Å². The minimum atomic E-state index is -0.611. The average Bonchev–Trinajstić information content (AvgIpc) is 3.13. The fourth-order valence-electron chi connectivity index (χ4n) is 3.32. The van der Waals surface area contributed by atoms with Crippen molar-refractivity contribution in [3.05, 3.63) is 52.5 Å². The topological polar surface area (TPSA) is 45.5 Å². The molecule has 0 bridgehead atoms. The van der Waals surface area contributed by atoms with E-state index in [-0.39, 0.29) is 24.5 Å². The maximum absolute atomic E-state index is 6.30. The molecule has 6 heteroatoms. The van der Waals surface area contributed by atoms with E-state index in [9.17, 15) is 0 Å². The fraction of sp³-hybridized carbons (Fsp3) is 0.471. The van der Waals surface area contributed by atoms with Crippen LogP contribution in [0.2, 0.25) is 0 Å². The summed E-state index contributed by atoms with van der Waals surface area (Å²) in [6.07, 6.45) is 3.06. The number of rotatable bonds is 2. The molecular formula is C17H19BrN2O3. The van der Waals surface area contributed by atoms with Crippen molar-refractivity contribution in [3.63, 3.8) is 0 Å². The Kier molecular flexibility index (Phi) is 3.61. The van der Waals surface area contributed by atoms with Crippen LogP contribution in [0.3, 0.4) is 0 Å². The van der Waals surface area contributed by atoms with Crippen LogP contribution in [0.1, 0.15) is 37.4 Å². The molecule has 2 fully saturated rings. The fourth-order valence-corrected chi connectivity index (χ4v) is 3.58. The summed E-state index contributed by atoms with van der Waals surface area (Å²) in [4.78, 5) is 4.30. The minimum Gasteiger partial charge on any atom is -0.344 e. The number of ether oxygens (including phenoxy) is 3. The highest BCUT2D eigenvalue weighted by atomic mass is 79.9. The van der Waals surface area contributed by atoms with Crippen LogP contribution in [-0.4, -0.2) is 27.5 Å². The van der Waals surface area contributed by atoms with Crippen molar-refractivity contribution in [2.75, 3.05) is 0 Å². The SMILES string of the molecule is Cc1cn([C@@H]2O[C@@H](c3ccc(Br)cc3)[C@@H]3OC(C)(C)O[C@@H]32)cn1. The van der Waals surface area contributed by atoms with Gasteiger partial charge in [-0.05, 0) is 38.5 Å². The third-order valence-electron chi connectivity index (χ3n) is 4.25. The predicted octanol–water partition coefficient (Wildman–Crippen LogP) is 3.74. The average molecular weight is 379 g/mol. The quantitative estimate of drug-likeness (QED) is 0.798. The summed E-state index contributed by atoms with van der Waals surface area (Å²) in [6.45, 7) is 5.85. The molecule has 0 saturated carbocycles. The molecule has 2 aliphatic heterocycles. The monoisotopic (exact) mass is 378 g/mol. The van der Waals surface area contributed by atoms with Gasteiger partial charge < -0.3 is 18.8 Å². The van der Waals surface area contributed by atoms with E-state index < -0.39 is 5.79 Å². The number of aromatic nitrogens is 2. The van der Waals surface area contributed by atoms with Gasteiger partial charge in [-0.3, -0.25) is 0 Å². The number of hydrogen-bond acceptors (Lipinski definition) is 4. The van der Waals surface area contributed by atoms with Crippen molar-refractivity contribution in [2.45, 2.75) is 51.1 Å². The van der Waals surface area contributed by atoms with E-state index in [1.807, 2.05) is 43.7 Å². The van der Waals surface area contributed by atoms with Crippen LogP contribution < -0.4 is 0 Å². The predicted molar refractivity (Wildman–Crippen MR) is 87.8 cm³/mol. The Morgan fingerprint density at radius 3 is 2.48 bits per heavy atom. The van der Waals surface area contributed by atoms with Gasteiger partial charge in [0.25, 0.3) is 0 Å². The van der Waals surface area contributed by atoms with Crippen LogP contribution in [0.25, 0.3) is 0 Å². The van der Waals surface area contributed by atoms with Crippen molar-refractivity contribution in [1.29, 1.82) is 0 Å². The van der Waals surface area contributed by atoms with Crippen LogP contribution in [0.15, 0.2) is 41.3 Å². The molecule has 23 heavy (non-hydrogen) atoms. The molecule has 0 N–H and O–H groups in total. The second kappa shape index (κ2) is 5.41. The number of imidazole rings is 1. The van der Waals surface area contributed by atoms with Gasteiger partial charge in [-0.1, -0.05) is 28.1 Å². The highest BCUT2D eigenvalue weighted by Gasteiger charge is 2.56. The van der Waals surface area contributed by atoms with E-state index in [2.05, 4.69) is 33.0 Å². The molecule has 3 heterocycles. The largest absolute Gasteiger partial charge is 0.344 e. The van der Waals surface area contributed by atoms with E-state index in [0.717, 1.165) is 15.7 Å². The van der Waals surface area contributed by atoms with Crippen molar-refractivity contribution in [1.82, 2.24) is 9.55 Å². The van der Waals surface area contributed by atoms with Gasteiger partial charge in [0.1, 0.15) is 18.3 Å². The molecule has 0 amide bonds. The maximum atomic E-state index is 6.30. The Hall–Kier alpha value is -1.21. The molecule has 5 nitrogen and oxygen atoms in total. The van der Waals surface area contributed by atoms with E-state index >= 15 is 0 Å². The third kappa shape index (κ3) is 2.74. The summed E-state index contributed by atoms with van der Waals surface area (Å²) in [7, 11) is 0. The van der Waals surface area contributed by atoms with Gasteiger partial charge in [0.05, 0.1) is 12.0 Å². The highest BCUT2D eigenvalue weighted by Crippen LogP contribution is 2.48. The van der Waals surface area contributed by atoms with Crippen molar-refractivity contribution in [3.8, 4) is 0 Å². The number of halogens is 1. The molecule has 122 valence electrons. The molecule has 1 aromatic carbocycles. The first kappa shape index (κ1) is 15.3. The normalized spacial score (nSPS) is 32.2.